The highest BCUT2D eigenvalue weighted by Gasteiger charge is 2.18. The first-order chi connectivity index (χ1) is 29.5. The number of unbranched alkanes of at least 4 members (excludes halogenated alkanes) is 36. The van der Waals surface area contributed by atoms with Crippen molar-refractivity contribution in [3.05, 3.63) is 24.3 Å². The maximum absolute atomic E-state index is 12.4. The zero-order valence-electron chi connectivity index (χ0n) is 40.2. The number of hydrogen-bond donors (Lipinski definition) is 3. The normalized spacial score (nSPS) is 12.8. The van der Waals surface area contributed by atoms with Crippen LogP contribution in [0.25, 0.3) is 0 Å². The lowest BCUT2D eigenvalue weighted by Crippen LogP contribution is -2.45. The molecule has 0 aliphatic rings. The Morgan fingerprint density at radius 1 is 0.450 bits per heavy atom. The van der Waals surface area contributed by atoms with Gasteiger partial charge in [0.2, 0.25) is 5.91 Å². The van der Waals surface area contributed by atoms with Crippen molar-refractivity contribution in [3.8, 4) is 0 Å². The molecule has 60 heavy (non-hydrogen) atoms. The number of nitrogens with one attached hydrogen (secondary N) is 1. The molecule has 354 valence electrons. The van der Waals surface area contributed by atoms with Crippen molar-refractivity contribution in [1.82, 2.24) is 5.32 Å². The summed E-state index contributed by atoms with van der Waals surface area (Å²) in [6.07, 6.45) is 59.0. The Morgan fingerprint density at radius 3 is 1.20 bits per heavy atom. The number of aliphatic hydroxyl groups is 2. The van der Waals surface area contributed by atoms with E-state index in [0.717, 1.165) is 70.6 Å². The summed E-state index contributed by atoms with van der Waals surface area (Å²) in [7, 11) is 0. The van der Waals surface area contributed by atoms with Gasteiger partial charge >= 0.3 is 5.97 Å². The van der Waals surface area contributed by atoms with E-state index in [0.29, 0.717) is 19.4 Å². The van der Waals surface area contributed by atoms with E-state index >= 15 is 0 Å². The Kier molecular flexibility index (Phi) is 48.6. The highest BCUT2D eigenvalue weighted by molar-refractivity contribution is 5.76. The molecule has 0 radical (unpaired) electrons. The van der Waals surface area contributed by atoms with Gasteiger partial charge in [-0.3, -0.25) is 9.59 Å². The van der Waals surface area contributed by atoms with Gasteiger partial charge < -0.3 is 20.3 Å². The van der Waals surface area contributed by atoms with E-state index in [9.17, 15) is 19.8 Å². The van der Waals surface area contributed by atoms with E-state index in [4.69, 9.17) is 4.74 Å². The first kappa shape index (κ1) is 58.3. The predicted molar refractivity (Wildman–Crippen MR) is 260 cm³/mol. The minimum atomic E-state index is -0.859. The van der Waals surface area contributed by atoms with E-state index in [1.807, 2.05) is 6.08 Å². The zero-order valence-corrected chi connectivity index (χ0v) is 40.2. The lowest BCUT2D eigenvalue weighted by atomic mass is 10.0. The number of rotatable bonds is 49. The van der Waals surface area contributed by atoms with Crippen molar-refractivity contribution >= 4 is 11.9 Å². The molecular weight excluding hydrogens is 743 g/mol. The van der Waals surface area contributed by atoms with Gasteiger partial charge in [0.25, 0.3) is 0 Å². The van der Waals surface area contributed by atoms with Crippen LogP contribution in [0.4, 0.5) is 0 Å². The largest absolute Gasteiger partial charge is 0.466 e. The average Bonchev–Trinajstić information content (AvgIpc) is 3.25. The third kappa shape index (κ3) is 45.9. The molecule has 0 aliphatic carbocycles. The SMILES string of the molecule is CCCCCCCCCCC/C=C/C(O)C(CO)NC(=O)CCCCC/C=C\CCCCCCCCOC(=O)CCCCCCCCCCCCCCCCCCCCC. The Labute approximate surface area is 373 Å². The minimum Gasteiger partial charge on any atom is -0.466 e. The van der Waals surface area contributed by atoms with Gasteiger partial charge in [-0.2, -0.15) is 0 Å². The van der Waals surface area contributed by atoms with E-state index < -0.39 is 12.1 Å². The molecule has 6 heteroatoms. The third-order valence-electron chi connectivity index (χ3n) is 12.2. The van der Waals surface area contributed by atoms with Crippen LogP contribution >= 0.6 is 0 Å². The van der Waals surface area contributed by atoms with Crippen LogP contribution in [0.1, 0.15) is 284 Å². The van der Waals surface area contributed by atoms with E-state index in [2.05, 4.69) is 31.3 Å². The van der Waals surface area contributed by atoms with E-state index in [1.165, 1.54) is 186 Å². The lowest BCUT2D eigenvalue weighted by molar-refractivity contribution is -0.143. The Morgan fingerprint density at radius 2 is 0.783 bits per heavy atom. The predicted octanol–water partition coefficient (Wildman–Crippen LogP) is 15.9. The molecule has 6 nitrogen and oxygen atoms in total. The van der Waals surface area contributed by atoms with Gasteiger partial charge in [-0.15, -0.1) is 0 Å². The summed E-state index contributed by atoms with van der Waals surface area (Å²) in [5.74, 6) is -0.109. The summed E-state index contributed by atoms with van der Waals surface area (Å²) >= 11 is 0. The van der Waals surface area contributed by atoms with Crippen LogP contribution in [0.3, 0.4) is 0 Å². The van der Waals surface area contributed by atoms with Crippen molar-refractivity contribution in [1.29, 1.82) is 0 Å². The average molecular weight is 846 g/mol. The summed E-state index contributed by atoms with van der Waals surface area (Å²) in [5.41, 5.74) is 0. The van der Waals surface area contributed by atoms with Gasteiger partial charge in [0, 0.05) is 12.8 Å². The van der Waals surface area contributed by atoms with Crippen LogP contribution in [0.2, 0.25) is 0 Å². The van der Waals surface area contributed by atoms with Gasteiger partial charge in [0.15, 0.2) is 0 Å². The minimum absolute atomic E-state index is 0.00977. The number of allylic oxidation sites excluding steroid dienone is 3. The Hall–Kier alpha value is -1.66. The fourth-order valence-corrected chi connectivity index (χ4v) is 8.10. The van der Waals surface area contributed by atoms with Gasteiger partial charge in [-0.05, 0) is 57.8 Å². The maximum Gasteiger partial charge on any atom is 0.305 e. The van der Waals surface area contributed by atoms with Crippen LogP contribution in [-0.4, -0.2) is 47.4 Å². The summed E-state index contributed by atoms with van der Waals surface area (Å²) < 4.78 is 5.47. The highest BCUT2D eigenvalue weighted by atomic mass is 16.5. The molecule has 2 unspecified atom stereocenters. The van der Waals surface area contributed by atoms with E-state index in [1.54, 1.807) is 6.08 Å². The second kappa shape index (κ2) is 50.0. The molecule has 0 aromatic carbocycles. The van der Waals surface area contributed by atoms with Crippen molar-refractivity contribution in [2.24, 2.45) is 0 Å². The summed E-state index contributed by atoms with van der Waals surface area (Å²) in [5, 5.41) is 22.9. The standard InChI is InChI=1S/C54H103NO5/c1-3-5-7-9-11-13-15-16-17-18-19-20-21-24-28-32-36-40-44-48-54(59)60-49-45-41-37-33-29-25-22-23-27-31-35-39-43-47-53(58)55-51(50-56)52(57)46-42-38-34-30-26-14-12-10-8-6-4-2/h23,27,42,46,51-52,56-57H,3-22,24-26,28-41,43-45,47-50H2,1-2H3,(H,55,58)/b27-23-,46-42+. The molecule has 0 aromatic rings. The van der Waals surface area contributed by atoms with Crippen LogP contribution in [0, 0.1) is 0 Å². The van der Waals surface area contributed by atoms with Crippen molar-refractivity contribution < 1.29 is 24.5 Å². The molecule has 0 rings (SSSR count). The topological polar surface area (TPSA) is 95.9 Å². The molecule has 0 fully saturated rings. The summed E-state index contributed by atoms with van der Waals surface area (Å²) in [6, 6.07) is -0.646. The second-order valence-corrected chi connectivity index (χ2v) is 18.2. The number of carbonyl (C=O) groups excluding carboxylic acids is 2. The van der Waals surface area contributed by atoms with Crippen molar-refractivity contribution in [2.75, 3.05) is 13.2 Å². The molecule has 1 amide bonds. The number of hydrogen-bond acceptors (Lipinski definition) is 5. The molecule has 3 N–H and O–H groups in total. The van der Waals surface area contributed by atoms with Crippen LogP contribution < -0.4 is 5.32 Å². The van der Waals surface area contributed by atoms with Crippen molar-refractivity contribution in [3.63, 3.8) is 0 Å². The molecule has 0 heterocycles. The molecular formula is C54H103NO5. The number of amides is 1. The molecule has 0 saturated carbocycles. The third-order valence-corrected chi connectivity index (χ3v) is 12.2. The first-order valence-corrected chi connectivity index (χ1v) is 26.6. The van der Waals surface area contributed by atoms with Gasteiger partial charge in [0.1, 0.15) is 0 Å². The molecule has 2 atom stereocenters. The van der Waals surface area contributed by atoms with Gasteiger partial charge in [-0.25, -0.2) is 0 Å². The highest BCUT2D eigenvalue weighted by Crippen LogP contribution is 2.16. The summed E-state index contributed by atoms with van der Waals surface area (Å²) in [6.45, 7) is 4.85. The van der Waals surface area contributed by atoms with Crippen LogP contribution in [-0.2, 0) is 14.3 Å². The Balaban J connectivity index is 3.47. The second-order valence-electron chi connectivity index (χ2n) is 18.2. The lowest BCUT2D eigenvalue weighted by Gasteiger charge is -2.19. The van der Waals surface area contributed by atoms with Crippen LogP contribution in [0.15, 0.2) is 24.3 Å². The van der Waals surface area contributed by atoms with Gasteiger partial charge in [-0.1, -0.05) is 237 Å². The van der Waals surface area contributed by atoms with Crippen molar-refractivity contribution in [2.45, 2.75) is 296 Å². The molecule has 0 bridgehead atoms. The molecule has 0 spiro atoms. The fraction of sp³-hybridized carbons (Fsp3) is 0.889. The maximum atomic E-state index is 12.4. The number of aliphatic hydroxyl groups excluding tert-OH is 2. The quantitative estimate of drug-likeness (QED) is 0.0322. The first-order valence-electron chi connectivity index (χ1n) is 26.6. The zero-order chi connectivity index (χ0) is 43.7. The molecule has 0 saturated heterocycles. The Bertz CT molecular complexity index is 935. The fourth-order valence-electron chi connectivity index (χ4n) is 8.10. The molecule has 0 aliphatic heterocycles. The number of carbonyl (C=O) groups is 2. The van der Waals surface area contributed by atoms with Crippen LogP contribution in [0.5, 0.6) is 0 Å². The summed E-state index contributed by atoms with van der Waals surface area (Å²) in [4.78, 5) is 24.4. The number of esters is 1. The van der Waals surface area contributed by atoms with E-state index in [-0.39, 0.29) is 18.5 Å². The molecule has 0 aromatic heterocycles. The number of ether oxygens (including phenoxy) is 1. The monoisotopic (exact) mass is 846 g/mol. The van der Waals surface area contributed by atoms with Gasteiger partial charge in [0.05, 0.1) is 25.4 Å². The smallest absolute Gasteiger partial charge is 0.305 e.